The van der Waals surface area contributed by atoms with Crippen LogP contribution in [0.1, 0.15) is 5.56 Å². The van der Waals surface area contributed by atoms with Gasteiger partial charge < -0.3 is 14.4 Å². The van der Waals surface area contributed by atoms with E-state index in [-0.39, 0.29) is 11.4 Å². The Morgan fingerprint density at radius 2 is 2.06 bits per heavy atom. The van der Waals surface area contributed by atoms with Crippen LogP contribution in [0.2, 0.25) is 0 Å². The maximum absolute atomic E-state index is 11.6. The lowest BCUT2D eigenvalue weighted by Gasteiger charge is -2.08. The molecule has 1 aromatic carbocycles. The molecule has 84 valence electrons. The molecular weight excluding hydrogens is 206 g/mol. The normalized spacial score (nSPS) is 11.2. The number of phenolic OH excluding ortho intramolecular Hbond substituents is 1. The molecule has 0 unspecified atom stereocenters. The molecule has 1 heterocycles. The fraction of sp³-hybridized carbons (Fsp3) is 0.250. The molecular formula is C12H13NO3. The first kappa shape index (κ1) is 10.7. The van der Waals surface area contributed by atoms with Crippen LogP contribution in [0, 0.1) is 0 Å². The molecule has 0 spiro atoms. The molecule has 0 saturated heterocycles. The number of hydrogen-bond acceptors (Lipinski definition) is 4. The molecule has 0 bridgehead atoms. The second-order valence-electron chi connectivity index (χ2n) is 4.02. The first-order valence-electron chi connectivity index (χ1n) is 4.97. The van der Waals surface area contributed by atoms with Crippen molar-refractivity contribution in [3.8, 4) is 5.75 Å². The predicted molar refractivity (Wildman–Crippen MR) is 61.5 cm³/mol. The van der Waals surface area contributed by atoms with E-state index in [0.29, 0.717) is 17.7 Å². The summed E-state index contributed by atoms with van der Waals surface area (Å²) in [5.41, 5.74) is 0.750. The first-order chi connectivity index (χ1) is 7.56. The summed E-state index contributed by atoms with van der Waals surface area (Å²) in [4.78, 5) is 13.5. The summed E-state index contributed by atoms with van der Waals surface area (Å²) in [7, 11) is 3.76. The van der Waals surface area contributed by atoms with Crippen LogP contribution in [0.25, 0.3) is 11.0 Å². The van der Waals surface area contributed by atoms with E-state index >= 15 is 0 Å². The van der Waals surface area contributed by atoms with Gasteiger partial charge in [-0.1, -0.05) is 0 Å². The van der Waals surface area contributed by atoms with Crippen molar-refractivity contribution in [3.63, 3.8) is 0 Å². The quantitative estimate of drug-likeness (QED) is 0.779. The smallest absolute Gasteiger partial charge is 0.340 e. The van der Waals surface area contributed by atoms with Gasteiger partial charge in [-0.15, -0.1) is 0 Å². The molecule has 0 aliphatic carbocycles. The van der Waals surface area contributed by atoms with E-state index in [4.69, 9.17) is 4.42 Å². The maximum Gasteiger partial charge on any atom is 0.340 e. The van der Waals surface area contributed by atoms with Crippen LogP contribution in [0.3, 0.4) is 0 Å². The molecule has 0 amide bonds. The standard InChI is InChI=1S/C12H13NO3/c1-13(2)7-9-5-8-6-10(14)3-4-11(8)16-12(9)15/h3-6,14H,7H2,1-2H3. The van der Waals surface area contributed by atoms with E-state index < -0.39 is 0 Å². The van der Waals surface area contributed by atoms with Gasteiger partial charge in [0.05, 0.1) is 5.56 Å². The topological polar surface area (TPSA) is 53.7 Å². The average molecular weight is 219 g/mol. The van der Waals surface area contributed by atoms with E-state index in [1.165, 1.54) is 6.07 Å². The predicted octanol–water partition coefficient (Wildman–Crippen LogP) is 1.56. The van der Waals surface area contributed by atoms with Gasteiger partial charge in [0.25, 0.3) is 0 Å². The third-order valence-electron chi connectivity index (χ3n) is 2.27. The molecule has 1 aromatic heterocycles. The number of aromatic hydroxyl groups is 1. The van der Waals surface area contributed by atoms with E-state index in [1.807, 2.05) is 19.0 Å². The number of benzene rings is 1. The zero-order valence-electron chi connectivity index (χ0n) is 9.23. The van der Waals surface area contributed by atoms with E-state index in [1.54, 1.807) is 18.2 Å². The monoisotopic (exact) mass is 219 g/mol. The highest BCUT2D eigenvalue weighted by molar-refractivity contribution is 5.78. The zero-order valence-corrected chi connectivity index (χ0v) is 9.23. The van der Waals surface area contributed by atoms with Crippen LogP contribution in [0.4, 0.5) is 0 Å². The van der Waals surface area contributed by atoms with Crippen LogP contribution in [-0.4, -0.2) is 24.1 Å². The summed E-state index contributed by atoms with van der Waals surface area (Å²) in [6, 6.07) is 6.42. The second kappa shape index (κ2) is 3.98. The molecule has 1 N–H and O–H groups in total. The van der Waals surface area contributed by atoms with Gasteiger partial charge in [0, 0.05) is 11.9 Å². The van der Waals surface area contributed by atoms with Crippen molar-refractivity contribution in [3.05, 3.63) is 40.2 Å². The third-order valence-corrected chi connectivity index (χ3v) is 2.27. The Kier molecular flexibility index (Phi) is 2.66. The Morgan fingerprint density at radius 3 is 2.75 bits per heavy atom. The van der Waals surface area contributed by atoms with Crippen molar-refractivity contribution in [1.29, 1.82) is 0 Å². The Balaban J connectivity index is 2.60. The summed E-state index contributed by atoms with van der Waals surface area (Å²) < 4.78 is 5.16. The van der Waals surface area contributed by atoms with Crippen LogP contribution >= 0.6 is 0 Å². The van der Waals surface area contributed by atoms with Gasteiger partial charge in [-0.05, 0) is 38.4 Å². The summed E-state index contributed by atoms with van der Waals surface area (Å²) in [5, 5.41) is 10.1. The van der Waals surface area contributed by atoms with Gasteiger partial charge in [-0.25, -0.2) is 4.79 Å². The van der Waals surface area contributed by atoms with Crippen molar-refractivity contribution in [2.45, 2.75) is 6.54 Å². The van der Waals surface area contributed by atoms with Gasteiger partial charge in [0.2, 0.25) is 0 Å². The van der Waals surface area contributed by atoms with Crippen LogP contribution < -0.4 is 5.63 Å². The van der Waals surface area contributed by atoms with Gasteiger partial charge in [0.1, 0.15) is 11.3 Å². The van der Waals surface area contributed by atoms with E-state index in [9.17, 15) is 9.90 Å². The molecule has 2 aromatic rings. The maximum atomic E-state index is 11.6. The highest BCUT2D eigenvalue weighted by Gasteiger charge is 2.06. The fourth-order valence-electron chi connectivity index (χ4n) is 1.60. The molecule has 0 saturated carbocycles. The third kappa shape index (κ3) is 2.06. The summed E-state index contributed by atoms with van der Waals surface area (Å²) in [6.07, 6.45) is 0. The molecule has 4 heteroatoms. The summed E-state index contributed by atoms with van der Waals surface area (Å²) >= 11 is 0. The van der Waals surface area contributed by atoms with Crippen LogP contribution in [0.15, 0.2) is 33.5 Å². The first-order valence-corrected chi connectivity index (χ1v) is 4.97. The second-order valence-corrected chi connectivity index (χ2v) is 4.02. The van der Waals surface area contributed by atoms with E-state index in [2.05, 4.69) is 0 Å². The molecule has 0 fully saturated rings. The number of fused-ring (bicyclic) bond motifs is 1. The molecule has 2 rings (SSSR count). The minimum absolute atomic E-state index is 0.164. The summed E-state index contributed by atoms with van der Waals surface area (Å²) in [5.74, 6) is 0.164. The Bertz CT molecular complexity index is 572. The number of rotatable bonds is 2. The SMILES string of the molecule is CN(C)Cc1cc2cc(O)ccc2oc1=O. The Morgan fingerprint density at radius 1 is 1.31 bits per heavy atom. The molecule has 0 atom stereocenters. The molecule has 4 nitrogen and oxygen atoms in total. The lowest BCUT2D eigenvalue weighted by molar-refractivity contribution is 0.392. The minimum atomic E-state index is -0.327. The van der Waals surface area contributed by atoms with Crippen molar-refractivity contribution >= 4 is 11.0 Å². The van der Waals surface area contributed by atoms with Crippen molar-refractivity contribution in [2.75, 3.05) is 14.1 Å². The van der Waals surface area contributed by atoms with Crippen LogP contribution in [-0.2, 0) is 6.54 Å². The highest BCUT2D eigenvalue weighted by atomic mass is 16.4. The van der Waals surface area contributed by atoms with Crippen molar-refractivity contribution in [2.24, 2.45) is 0 Å². The van der Waals surface area contributed by atoms with Gasteiger partial charge >= 0.3 is 5.63 Å². The number of nitrogens with zero attached hydrogens (tertiary/aromatic N) is 1. The Hall–Kier alpha value is -1.81. The van der Waals surface area contributed by atoms with Crippen LogP contribution in [0.5, 0.6) is 5.75 Å². The number of hydrogen-bond donors (Lipinski definition) is 1. The fourth-order valence-corrected chi connectivity index (χ4v) is 1.60. The number of phenols is 1. The average Bonchev–Trinajstić information content (AvgIpc) is 2.19. The lowest BCUT2D eigenvalue weighted by atomic mass is 10.2. The van der Waals surface area contributed by atoms with Crippen molar-refractivity contribution in [1.82, 2.24) is 4.90 Å². The molecule has 0 aliphatic heterocycles. The molecule has 0 radical (unpaired) electrons. The highest BCUT2D eigenvalue weighted by Crippen LogP contribution is 2.19. The Labute approximate surface area is 92.7 Å². The lowest BCUT2D eigenvalue weighted by Crippen LogP contribution is -2.17. The zero-order chi connectivity index (χ0) is 11.7. The molecule has 0 aliphatic rings. The van der Waals surface area contributed by atoms with Gasteiger partial charge in [-0.2, -0.15) is 0 Å². The summed E-state index contributed by atoms with van der Waals surface area (Å²) in [6.45, 7) is 0.522. The van der Waals surface area contributed by atoms with Crippen molar-refractivity contribution < 1.29 is 9.52 Å². The van der Waals surface area contributed by atoms with Gasteiger partial charge in [0.15, 0.2) is 0 Å². The molecule has 16 heavy (non-hydrogen) atoms. The van der Waals surface area contributed by atoms with E-state index in [0.717, 1.165) is 5.39 Å². The van der Waals surface area contributed by atoms with Gasteiger partial charge in [-0.3, -0.25) is 0 Å². The minimum Gasteiger partial charge on any atom is -0.508 e. The largest absolute Gasteiger partial charge is 0.508 e.